The first-order valence-electron chi connectivity index (χ1n) is 6.92. The van der Waals surface area contributed by atoms with Crippen LogP contribution in [-0.2, 0) is 0 Å². The maximum atomic E-state index is 5.92. The topological polar surface area (TPSA) is 32.5 Å². The fourth-order valence-electron chi connectivity index (χ4n) is 3.05. The Hall–Kier alpha value is -0.120. The first kappa shape index (κ1) is 12.3. The Kier molecular flexibility index (Phi) is 4.22. The molecule has 0 aromatic carbocycles. The van der Waals surface area contributed by atoms with Gasteiger partial charge >= 0.3 is 0 Å². The van der Waals surface area contributed by atoms with Gasteiger partial charge in [0.15, 0.2) is 0 Å². The minimum Gasteiger partial charge on any atom is -0.318 e. The van der Waals surface area contributed by atoms with Gasteiger partial charge in [0.2, 0.25) is 0 Å². The zero-order valence-corrected chi connectivity index (χ0v) is 10.9. The zero-order chi connectivity index (χ0) is 11.5. The number of nitrogens with zero attached hydrogens (tertiary/aromatic N) is 2. The molecule has 0 spiro atoms. The SMILES string of the molecule is CC(C)N1CCC(N(CN)C2CCC2)CC1. The van der Waals surface area contributed by atoms with Crippen LogP contribution >= 0.6 is 0 Å². The molecule has 16 heavy (non-hydrogen) atoms. The van der Waals surface area contributed by atoms with Gasteiger partial charge in [0.1, 0.15) is 0 Å². The van der Waals surface area contributed by atoms with E-state index in [-0.39, 0.29) is 0 Å². The zero-order valence-electron chi connectivity index (χ0n) is 10.9. The summed E-state index contributed by atoms with van der Waals surface area (Å²) in [5.41, 5.74) is 5.92. The molecule has 94 valence electrons. The molecule has 0 radical (unpaired) electrons. The molecule has 2 aliphatic rings. The van der Waals surface area contributed by atoms with E-state index in [0.717, 1.165) is 18.8 Å². The Balaban J connectivity index is 1.82. The van der Waals surface area contributed by atoms with E-state index in [4.69, 9.17) is 5.73 Å². The second-order valence-corrected chi connectivity index (χ2v) is 5.64. The second-order valence-electron chi connectivity index (χ2n) is 5.64. The Morgan fingerprint density at radius 3 is 2.06 bits per heavy atom. The van der Waals surface area contributed by atoms with E-state index in [0.29, 0.717) is 6.04 Å². The molecule has 1 saturated heterocycles. The molecule has 1 aliphatic heterocycles. The van der Waals surface area contributed by atoms with Crippen molar-refractivity contribution in [1.82, 2.24) is 9.80 Å². The molecule has 1 aliphatic carbocycles. The summed E-state index contributed by atoms with van der Waals surface area (Å²) in [7, 11) is 0. The van der Waals surface area contributed by atoms with Crippen molar-refractivity contribution in [2.24, 2.45) is 5.73 Å². The number of likely N-dealkylation sites (tertiary alicyclic amines) is 1. The summed E-state index contributed by atoms with van der Waals surface area (Å²) in [4.78, 5) is 5.16. The normalized spacial score (nSPS) is 25.3. The molecule has 3 heteroatoms. The number of piperidine rings is 1. The van der Waals surface area contributed by atoms with Gasteiger partial charge in [0.25, 0.3) is 0 Å². The molecule has 0 atom stereocenters. The van der Waals surface area contributed by atoms with Crippen molar-refractivity contribution in [2.75, 3.05) is 19.8 Å². The van der Waals surface area contributed by atoms with Crippen LogP contribution in [0.1, 0.15) is 46.0 Å². The third kappa shape index (κ3) is 2.58. The van der Waals surface area contributed by atoms with Crippen molar-refractivity contribution in [3.63, 3.8) is 0 Å². The first-order chi connectivity index (χ1) is 7.72. The lowest BCUT2D eigenvalue weighted by molar-refractivity contribution is 0.0362. The Bertz CT molecular complexity index is 205. The van der Waals surface area contributed by atoms with Crippen molar-refractivity contribution in [3.05, 3.63) is 0 Å². The first-order valence-corrected chi connectivity index (χ1v) is 6.92. The number of nitrogens with two attached hydrogens (primary N) is 1. The number of hydrogen-bond donors (Lipinski definition) is 1. The van der Waals surface area contributed by atoms with Crippen molar-refractivity contribution >= 4 is 0 Å². The molecular weight excluding hydrogens is 198 g/mol. The summed E-state index contributed by atoms with van der Waals surface area (Å²) >= 11 is 0. The van der Waals surface area contributed by atoms with E-state index in [1.807, 2.05) is 0 Å². The van der Waals surface area contributed by atoms with Gasteiger partial charge in [-0.1, -0.05) is 6.42 Å². The lowest BCUT2D eigenvalue weighted by Crippen LogP contribution is -2.53. The minimum absolute atomic E-state index is 0.705. The van der Waals surface area contributed by atoms with Crippen LogP contribution < -0.4 is 5.73 Å². The number of rotatable bonds is 4. The van der Waals surface area contributed by atoms with E-state index >= 15 is 0 Å². The van der Waals surface area contributed by atoms with E-state index in [1.54, 1.807) is 0 Å². The Morgan fingerprint density at radius 1 is 1.12 bits per heavy atom. The van der Waals surface area contributed by atoms with Crippen LogP contribution in [0.4, 0.5) is 0 Å². The van der Waals surface area contributed by atoms with E-state index in [1.165, 1.54) is 45.2 Å². The highest BCUT2D eigenvalue weighted by Gasteiger charge is 2.31. The highest BCUT2D eigenvalue weighted by atomic mass is 15.3. The second kappa shape index (κ2) is 5.48. The minimum atomic E-state index is 0.705. The predicted octanol–water partition coefficient (Wildman–Crippen LogP) is 1.63. The van der Waals surface area contributed by atoms with Crippen molar-refractivity contribution in [1.29, 1.82) is 0 Å². The van der Waals surface area contributed by atoms with Crippen molar-refractivity contribution in [3.8, 4) is 0 Å². The number of hydrogen-bond acceptors (Lipinski definition) is 3. The molecular formula is C13H27N3. The molecule has 0 aromatic heterocycles. The van der Waals surface area contributed by atoms with Gasteiger partial charge in [-0.05, 0) is 52.6 Å². The third-order valence-corrected chi connectivity index (χ3v) is 4.45. The lowest BCUT2D eigenvalue weighted by atomic mass is 9.89. The van der Waals surface area contributed by atoms with Gasteiger partial charge in [-0.15, -0.1) is 0 Å². The van der Waals surface area contributed by atoms with Crippen LogP contribution in [0.25, 0.3) is 0 Å². The molecule has 0 amide bonds. The van der Waals surface area contributed by atoms with Gasteiger partial charge in [-0.3, -0.25) is 4.90 Å². The molecule has 1 heterocycles. The Labute approximate surface area is 100.0 Å². The van der Waals surface area contributed by atoms with Crippen LogP contribution in [0, 0.1) is 0 Å². The summed E-state index contributed by atoms with van der Waals surface area (Å²) in [6.07, 6.45) is 6.78. The van der Waals surface area contributed by atoms with E-state index in [9.17, 15) is 0 Å². The maximum Gasteiger partial charge on any atom is 0.0460 e. The van der Waals surface area contributed by atoms with Crippen LogP contribution in [0.15, 0.2) is 0 Å². The standard InChI is InChI=1S/C13H27N3/c1-11(2)15-8-6-13(7-9-15)16(10-14)12-4-3-5-12/h11-13H,3-10,14H2,1-2H3. The third-order valence-electron chi connectivity index (χ3n) is 4.45. The highest BCUT2D eigenvalue weighted by molar-refractivity contribution is 4.87. The van der Waals surface area contributed by atoms with E-state index in [2.05, 4.69) is 23.6 Å². The summed E-state index contributed by atoms with van der Waals surface area (Å²) < 4.78 is 0. The van der Waals surface area contributed by atoms with E-state index < -0.39 is 0 Å². The van der Waals surface area contributed by atoms with Crippen LogP contribution in [-0.4, -0.2) is 47.7 Å². The Morgan fingerprint density at radius 2 is 1.69 bits per heavy atom. The fraction of sp³-hybridized carbons (Fsp3) is 1.00. The summed E-state index contributed by atoms with van der Waals surface area (Å²) in [6, 6.07) is 2.27. The summed E-state index contributed by atoms with van der Waals surface area (Å²) in [6.45, 7) is 7.87. The average Bonchev–Trinajstić information content (AvgIpc) is 2.23. The van der Waals surface area contributed by atoms with Crippen molar-refractivity contribution in [2.45, 2.75) is 64.1 Å². The monoisotopic (exact) mass is 225 g/mol. The lowest BCUT2D eigenvalue weighted by Gasteiger charge is -2.45. The summed E-state index contributed by atoms with van der Waals surface area (Å²) in [5, 5.41) is 0. The van der Waals surface area contributed by atoms with Crippen LogP contribution in [0.3, 0.4) is 0 Å². The summed E-state index contributed by atoms with van der Waals surface area (Å²) in [5.74, 6) is 0. The van der Waals surface area contributed by atoms with Gasteiger partial charge in [0, 0.05) is 24.8 Å². The predicted molar refractivity (Wildman–Crippen MR) is 68.3 cm³/mol. The fourth-order valence-corrected chi connectivity index (χ4v) is 3.05. The molecule has 0 unspecified atom stereocenters. The van der Waals surface area contributed by atoms with Crippen molar-refractivity contribution < 1.29 is 0 Å². The molecule has 3 nitrogen and oxygen atoms in total. The van der Waals surface area contributed by atoms with Gasteiger partial charge in [-0.25, -0.2) is 0 Å². The van der Waals surface area contributed by atoms with Gasteiger partial charge < -0.3 is 10.6 Å². The molecule has 2 fully saturated rings. The average molecular weight is 225 g/mol. The molecule has 2 rings (SSSR count). The maximum absolute atomic E-state index is 5.92. The highest BCUT2D eigenvalue weighted by Crippen LogP contribution is 2.29. The van der Waals surface area contributed by atoms with Gasteiger partial charge in [0.05, 0.1) is 0 Å². The van der Waals surface area contributed by atoms with Crippen LogP contribution in [0.5, 0.6) is 0 Å². The smallest absolute Gasteiger partial charge is 0.0460 e. The largest absolute Gasteiger partial charge is 0.318 e. The quantitative estimate of drug-likeness (QED) is 0.738. The molecule has 1 saturated carbocycles. The van der Waals surface area contributed by atoms with Crippen LogP contribution in [0.2, 0.25) is 0 Å². The van der Waals surface area contributed by atoms with Gasteiger partial charge in [-0.2, -0.15) is 0 Å². The molecule has 0 bridgehead atoms. The molecule has 2 N–H and O–H groups in total. The molecule has 0 aromatic rings.